The van der Waals surface area contributed by atoms with E-state index >= 15 is 0 Å². The van der Waals surface area contributed by atoms with Crippen molar-refractivity contribution >= 4 is 38.9 Å². The second kappa shape index (κ2) is 5.44. The zero-order chi connectivity index (χ0) is 14.2. The Morgan fingerprint density at radius 1 is 1.21 bits per heavy atom. The second-order valence-electron chi connectivity index (χ2n) is 3.85. The molecule has 102 valence electrons. The molecule has 0 saturated heterocycles. The fraction of sp³-hybridized carbons (Fsp3) is 0.167. The third kappa shape index (κ3) is 3.31. The van der Waals surface area contributed by atoms with Crippen LogP contribution in [0.4, 0.5) is 13.2 Å². The lowest BCUT2D eigenvalue weighted by atomic mass is 9.99. The highest BCUT2D eigenvalue weighted by molar-refractivity contribution is 9.10. The lowest BCUT2D eigenvalue weighted by Crippen LogP contribution is -2.17. The molecule has 1 aromatic heterocycles. The van der Waals surface area contributed by atoms with E-state index in [9.17, 15) is 13.2 Å². The molecule has 0 fully saturated rings. The number of hydrogen-bond donors (Lipinski definition) is 1. The molecule has 0 aliphatic heterocycles. The molecule has 2 rings (SSSR count). The molecular weight excluding hydrogens is 363 g/mol. The normalized spacial score (nSPS) is 13.6. The van der Waals surface area contributed by atoms with Gasteiger partial charge in [-0.3, -0.25) is 0 Å². The summed E-state index contributed by atoms with van der Waals surface area (Å²) < 4.78 is 39.9. The zero-order valence-corrected chi connectivity index (χ0v) is 12.5. The largest absolute Gasteiger partial charge is 0.416 e. The molecule has 1 heterocycles. The lowest BCUT2D eigenvalue weighted by Gasteiger charge is -2.17. The maximum Gasteiger partial charge on any atom is 0.416 e. The maximum absolute atomic E-state index is 13.0. The van der Waals surface area contributed by atoms with Crippen molar-refractivity contribution in [1.29, 1.82) is 0 Å². The van der Waals surface area contributed by atoms with Crippen molar-refractivity contribution in [2.45, 2.75) is 12.2 Å². The van der Waals surface area contributed by atoms with E-state index in [1.165, 1.54) is 17.4 Å². The molecule has 0 saturated carbocycles. The Bertz CT molecular complexity index is 597. The van der Waals surface area contributed by atoms with Gasteiger partial charge in [-0.2, -0.15) is 13.2 Å². The number of hydrogen-bond acceptors (Lipinski definition) is 2. The molecule has 1 atom stereocenters. The van der Waals surface area contributed by atoms with Crippen molar-refractivity contribution < 1.29 is 13.2 Å². The van der Waals surface area contributed by atoms with Crippen LogP contribution in [0, 0.1) is 0 Å². The zero-order valence-electron chi connectivity index (χ0n) is 9.34. The first-order chi connectivity index (χ1) is 8.79. The second-order valence-corrected chi connectivity index (χ2v) is 6.51. The van der Waals surface area contributed by atoms with Gasteiger partial charge in [-0.15, -0.1) is 11.3 Å². The van der Waals surface area contributed by atoms with Crippen molar-refractivity contribution in [3.8, 4) is 0 Å². The molecule has 1 unspecified atom stereocenters. The van der Waals surface area contributed by atoms with Gasteiger partial charge in [-0.05, 0) is 29.8 Å². The van der Waals surface area contributed by atoms with Crippen molar-refractivity contribution in [3.05, 3.63) is 55.1 Å². The van der Waals surface area contributed by atoms with Crippen LogP contribution in [0.3, 0.4) is 0 Å². The van der Waals surface area contributed by atoms with E-state index in [0.717, 1.165) is 6.07 Å². The summed E-state index contributed by atoms with van der Waals surface area (Å²) in [4.78, 5) is 0.595. The molecule has 0 aliphatic carbocycles. The Labute approximate surface area is 125 Å². The molecule has 0 spiro atoms. The predicted molar refractivity (Wildman–Crippen MR) is 74.5 cm³/mol. The summed E-state index contributed by atoms with van der Waals surface area (Å²) in [6.07, 6.45) is -4.45. The third-order valence-electron chi connectivity index (χ3n) is 2.56. The Morgan fingerprint density at radius 3 is 2.42 bits per heavy atom. The van der Waals surface area contributed by atoms with E-state index in [1.54, 1.807) is 18.2 Å². The van der Waals surface area contributed by atoms with E-state index in [4.69, 9.17) is 17.3 Å². The van der Waals surface area contributed by atoms with Gasteiger partial charge < -0.3 is 5.73 Å². The van der Waals surface area contributed by atoms with Crippen molar-refractivity contribution in [2.75, 3.05) is 0 Å². The van der Waals surface area contributed by atoms with Crippen LogP contribution in [0.25, 0.3) is 0 Å². The van der Waals surface area contributed by atoms with Crippen molar-refractivity contribution in [3.63, 3.8) is 0 Å². The summed E-state index contributed by atoms with van der Waals surface area (Å²) in [6.45, 7) is 0. The molecule has 0 radical (unpaired) electrons. The van der Waals surface area contributed by atoms with Gasteiger partial charge in [-0.25, -0.2) is 0 Å². The molecule has 0 bridgehead atoms. The fourth-order valence-electron chi connectivity index (χ4n) is 1.69. The number of halogens is 5. The molecule has 7 heteroatoms. The van der Waals surface area contributed by atoms with Gasteiger partial charge in [0.15, 0.2) is 0 Å². The van der Waals surface area contributed by atoms with Gasteiger partial charge in [-0.1, -0.05) is 33.6 Å². The average molecular weight is 371 g/mol. The molecular formula is C12H8BrClF3NS. The van der Waals surface area contributed by atoms with Crippen LogP contribution in [0.1, 0.15) is 22.0 Å². The van der Waals surface area contributed by atoms with Crippen molar-refractivity contribution in [2.24, 2.45) is 5.73 Å². The number of thiophene rings is 1. The number of benzene rings is 1. The van der Waals surface area contributed by atoms with Gasteiger partial charge in [0.2, 0.25) is 0 Å². The minimum absolute atomic E-state index is 0.0363. The van der Waals surface area contributed by atoms with E-state index in [2.05, 4.69) is 15.9 Å². The summed E-state index contributed by atoms with van der Waals surface area (Å²) in [5, 5.41) is 0. The first-order valence-corrected chi connectivity index (χ1v) is 7.15. The number of rotatable bonds is 2. The quantitative estimate of drug-likeness (QED) is 0.769. The number of alkyl halides is 3. The van der Waals surface area contributed by atoms with Gasteiger partial charge in [0.1, 0.15) is 0 Å². The smallest absolute Gasteiger partial charge is 0.320 e. The first-order valence-electron chi connectivity index (χ1n) is 5.16. The molecule has 1 nitrogen and oxygen atoms in total. The van der Waals surface area contributed by atoms with Crippen LogP contribution in [0.5, 0.6) is 0 Å². The third-order valence-corrected chi connectivity index (χ3v) is 4.36. The summed E-state index contributed by atoms with van der Waals surface area (Å²) in [5.74, 6) is 0. The molecule has 2 aromatic rings. The van der Waals surface area contributed by atoms with Crippen LogP contribution in [0.2, 0.25) is 4.34 Å². The first kappa shape index (κ1) is 14.8. The highest BCUT2D eigenvalue weighted by atomic mass is 79.9. The van der Waals surface area contributed by atoms with E-state index in [1.807, 2.05) is 0 Å². The SMILES string of the molecule is NC(c1ccc(Cl)s1)c1ccc(Br)cc1C(F)(F)F. The predicted octanol–water partition coefficient (Wildman–Crippen LogP) is 5.23. The standard InChI is InChI=1S/C12H8BrClF3NS/c13-6-1-2-7(8(5-6)12(15,16)17)11(18)9-3-4-10(14)19-9/h1-5,11H,18H2. The highest BCUT2D eigenvalue weighted by Gasteiger charge is 2.35. The maximum atomic E-state index is 13.0. The van der Waals surface area contributed by atoms with Gasteiger partial charge in [0, 0.05) is 9.35 Å². The Hall–Kier alpha value is -0.560. The fourth-order valence-corrected chi connectivity index (χ4v) is 3.14. The van der Waals surface area contributed by atoms with Crippen molar-refractivity contribution in [1.82, 2.24) is 0 Å². The van der Waals surface area contributed by atoms with E-state index in [-0.39, 0.29) is 5.56 Å². The molecule has 2 N–H and O–H groups in total. The van der Waals surface area contributed by atoms with Gasteiger partial charge >= 0.3 is 6.18 Å². The topological polar surface area (TPSA) is 26.0 Å². The minimum atomic E-state index is -4.45. The summed E-state index contributed by atoms with van der Waals surface area (Å²) >= 11 is 9.99. The van der Waals surface area contributed by atoms with Crippen LogP contribution < -0.4 is 5.73 Å². The van der Waals surface area contributed by atoms with Crippen LogP contribution in [-0.2, 0) is 6.18 Å². The average Bonchev–Trinajstić information content (AvgIpc) is 2.74. The number of nitrogens with two attached hydrogens (primary N) is 1. The molecule has 19 heavy (non-hydrogen) atoms. The lowest BCUT2D eigenvalue weighted by molar-refractivity contribution is -0.138. The summed E-state index contributed by atoms with van der Waals surface area (Å²) in [7, 11) is 0. The Morgan fingerprint density at radius 2 is 1.89 bits per heavy atom. The van der Waals surface area contributed by atoms with Crippen LogP contribution in [-0.4, -0.2) is 0 Å². The van der Waals surface area contributed by atoms with Gasteiger partial charge in [0.25, 0.3) is 0 Å². The molecule has 0 amide bonds. The monoisotopic (exact) mass is 369 g/mol. The van der Waals surface area contributed by atoms with E-state index < -0.39 is 17.8 Å². The summed E-state index contributed by atoms with van der Waals surface area (Å²) in [5.41, 5.74) is 5.21. The molecule has 0 aliphatic rings. The van der Waals surface area contributed by atoms with Crippen LogP contribution >= 0.6 is 38.9 Å². The van der Waals surface area contributed by atoms with Gasteiger partial charge in [0.05, 0.1) is 15.9 Å². The Balaban J connectivity index is 2.50. The Kier molecular flexibility index (Phi) is 4.25. The molecule has 1 aromatic carbocycles. The van der Waals surface area contributed by atoms with Crippen LogP contribution in [0.15, 0.2) is 34.8 Å². The highest BCUT2D eigenvalue weighted by Crippen LogP contribution is 2.39. The minimum Gasteiger partial charge on any atom is -0.320 e. The van der Waals surface area contributed by atoms with E-state index in [0.29, 0.717) is 13.7 Å². The summed E-state index contributed by atoms with van der Waals surface area (Å²) in [6, 6.07) is 6.37.